The maximum atomic E-state index is 6.63. The third kappa shape index (κ3) is 3.73. The predicted molar refractivity (Wildman–Crippen MR) is 202 cm³/mol. The molecule has 0 bridgehead atoms. The van der Waals surface area contributed by atoms with Gasteiger partial charge in [0.25, 0.3) is 0 Å². The van der Waals surface area contributed by atoms with E-state index in [2.05, 4.69) is 121 Å². The Morgan fingerprint density at radius 1 is 0.306 bits per heavy atom. The highest BCUT2D eigenvalue weighted by Gasteiger charge is 2.22. The van der Waals surface area contributed by atoms with E-state index in [0.717, 1.165) is 71.5 Å². The van der Waals surface area contributed by atoms with Crippen LogP contribution in [0.25, 0.3) is 110 Å². The third-order valence-electron chi connectivity index (χ3n) is 10.1. The summed E-state index contributed by atoms with van der Waals surface area (Å²) in [6.07, 6.45) is 1.86. The summed E-state index contributed by atoms with van der Waals surface area (Å²) in [4.78, 5) is 0. The molecule has 0 aliphatic heterocycles. The topological polar surface area (TPSA) is 39.4 Å². The lowest BCUT2D eigenvalue weighted by molar-refractivity contribution is 0.616. The van der Waals surface area contributed by atoms with Crippen molar-refractivity contribution in [2.45, 2.75) is 0 Å². The summed E-state index contributed by atoms with van der Waals surface area (Å²) < 4.78 is 19.0. The first-order valence-electron chi connectivity index (χ1n) is 16.6. The summed E-state index contributed by atoms with van der Waals surface area (Å²) in [7, 11) is 0. The highest BCUT2D eigenvalue weighted by atomic mass is 16.3. The fourth-order valence-corrected chi connectivity index (χ4v) is 8.09. The van der Waals surface area contributed by atoms with Gasteiger partial charge in [0.05, 0.1) is 6.26 Å². The number of hydrogen-bond donors (Lipinski definition) is 0. The van der Waals surface area contributed by atoms with E-state index in [4.69, 9.17) is 13.3 Å². The molecule has 3 aromatic heterocycles. The van der Waals surface area contributed by atoms with E-state index >= 15 is 0 Å². The second-order valence-electron chi connectivity index (χ2n) is 12.8. The fourth-order valence-electron chi connectivity index (χ4n) is 8.09. The minimum absolute atomic E-state index is 0.851. The number of para-hydroxylation sites is 1. The summed E-state index contributed by atoms with van der Waals surface area (Å²) in [5.74, 6) is 0. The van der Waals surface area contributed by atoms with Crippen LogP contribution in [0, 0.1) is 0 Å². The van der Waals surface area contributed by atoms with Gasteiger partial charge in [-0.1, -0.05) is 115 Å². The number of benzene rings is 8. The van der Waals surface area contributed by atoms with Crippen molar-refractivity contribution in [3.8, 4) is 33.4 Å². The summed E-state index contributed by atoms with van der Waals surface area (Å²) in [5, 5.41) is 10.3. The zero-order chi connectivity index (χ0) is 32.1. The third-order valence-corrected chi connectivity index (χ3v) is 10.1. The first-order valence-corrected chi connectivity index (χ1v) is 16.6. The molecule has 0 unspecified atom stereocenters. The molecule has 0 aliphatic carbocycles. The monoisotopic (exact) mass is 626 g/mol. The van der Waals surface area contributed by atoms with E-state index in [9.17, 15) is 0 Å². The Bertz CT molecular complexity index is 3040. The van der Waals surface area contributed by atoms with Crippen LogP contribution in [0.2, 0.25) is 0 Å². The van der Waals surface area contributed by atoms with E-state index < -0.39 is 0 Å². The number of furan rings is 3. The minimum atomic E-state index is 0.851. The van der Waals surface area contributed by atoms with Gasteiger partial charge in [0.15, 0.2) is 0 Å². The van der Waals surface area contributed by atoms with E-state index in [-0.39, 0.29) is 0 Å². The molecule has 11 aromatic rings. The maximum Gasteiger partial charge on any atom is 0.136 e. The molecule has 3 heterocycles. The van der Waals surface area contributed by atoms with Crippen molar-refractivity contribution in [1.29, 1.82) is 0 Å². The molecular formula is C46H26O3. The van der Waals surface area contributed by atoms with Gasteiger partial charge < -0.3 is 13.3 Å². The Hall–Kier alpha value is -6.58. The highest BCUT2D eigenvalue weighted by molar-refractivity contribution is 6.27. The van der Waals surface area contributed by atoms with Gasteiger partial charge in [-0.3, -0.25) is 0 Å². The molecule has 0 saturated carbocycles. The predicted octanol–water partition coefficient (Wildman–Crippen LogP) is 13.5. The summed E-state index contributed by atoms with van der Waals surface area (Å²) in [5.41, 5.74) is 11.2. The van der Waals surface area contributed by atoms with Gasteiger partial charge in [0.1, 0.15) is 27.9 Å². The number of hydrogen-bond acceptors (Lipinski definition) is 3. The lowest BCUT2D eigenvalue weighted by Crippen LogP contribution is -1.91. The molecule has 0 N–H and O–H groups in total. The molecule has 49 heavy (non-hydrogen) atoms. The maximum absolute atomic E-state index is 6.63. The Kier molecular flexibility index (Phi) is 5.38. The molecule has 0 spiro atoms. The zero-order valence-corrected chi connectivity index (χ0v) is 26.2. The van der Waals surface area contributed by atoms with E-state index in [1.165, 1.54) is 38.2 Å². The van der Waals surface area contributed by atoms with Gasteiger partial charge in [-0.15, -0.1) is 0 Å². The standard InChI is InChI=1S/C46H26O3/c1-2-11-27(12-3-1)36-26-47-38-23-24-40-45(46(36)38)34-22-21-28(25-41(34)49-40)42-29-13-4-6-15-31(29)43(32-16-7-5-14-30(32)42)35-18-10-20-39-44(35)33-17-8-9-19-37(33)48-39/h1-26H. The molecule has 0 atom stereocenters. The molecule has 3 heteroatoms. The molecular weight excluding hydrogens is 601 g/mol. The summed E-state index contributed by atoms with van der Waals surface area (Å²) in [6, 6.07) is 53.4. The summed E-state index contributed by atoms with van der Waals surface area (Å²) in [6.45, 7) is 0. The van der Waals surface area contributed by atoms with Crippen molar-refractivity contribution in [1.82, 2.24) is 0 Å². The van der Waals surface area contributed by atoms with Gasteiger partial charge in [0, 0.05) is 32.5 Å². The van der Waals surface area contributed by atoms with Crippen LogP contribution in [0.15, 0.2) is 171 Å². The molecule has 11 rings (SSSR count). The molecule has 3 nitrogen and oxygen atoms in total. The normalized spacial score (nSPS) is 12.1. The Balaban J connectivity index is 1.20. The van der Waals surface area contributed by atoms with Crippen LogP contribution in [0.4, 0.5) is 0 Å². The number of fused-ring (bicyclic) bond motifs is 10. The van der Waals surface area contributed by atoms with Gasteiger partial charge in [-0.2, -0.15) is 0 Å². The van der Waals surface area contributed by atoms with E-state index in [0.29, 0.717) is 0 Å². The Labute approximate surface area is 280 Å². The molecule has 0 fully saturated rings. The van der Waals surface area contributed by atoms with Gasteiger partial charge in [-0.05, 0) is 85.8 Å². The van der Waals surface area contributed by atoms with Crippen molar-refractivity contribution in [2.24, 2.45) is 0 Å². The Morgan fingerprint density at radius 3 is 1.67 bits per heavy atom. The summed E-state index contributed by atoms with van der Waals surface area (Å²) >= 11 is 0. The SMILES string of the molecule is c1ccc(-c2coc3ccc4oc5cc(-c6c7ccccc7c(-c7cccc8oc9ccccc9c78)c7ccccc67)ccc5c4c23)cc1. The molecule has 8 aromatic carbocycles. The average molecular weight is 627 g/mol. The Morgan fingerprint density at radius 2 is 0.898 bits per heavy atom. The van der Waals surface area contributed by atoms with Crippen LogP contribution >= 0.6 is 0 Å². The van der Waals surface area contributed by atoms with Crippen molar-refractivity contribution < 1.29 is 13.3 Å². The quantitative estimate of drug-likeness (QED) is 0.183. The van der Waals surface area contributed by atoms with Gasteiger partial charge in [0.2, 0.25) is 0 Å². The zero-order valence-electron chi connectivity index (χ0n) is 26.2. The largest absolute Gasteiger partial charge is 0.464 e. The number of rotatable bonds is 3. The average Bonchev–Trinajstić information content (AvgIpc) is 3.87. The molecule has 0 saturated heterocycles. The second kappa shape index (κ2) is 9.96. The van der Waals surface area contributed by atoms with Crippen LogP contribution in [-0.2, 0) is 0 Å². The minimum Gasteiger partial charge on any atom is -0.464 e. The van der Waals surface area contributed by atoms with Crippen LogP contribution in [0.1, 0.15) is 0 Å². The lowest BCUT2D eigenvalue weighted by atomic mass is 9.85. The van der Waals surface area contributed by atoms with Crippen LogP contribution < -0.4 is 0 Å². The van der Waals surface area contributed by atoms with Gasteiger partial charge in [-0.25, -0.2) is 0 Å². The van der Waals surface area contributed by atoms with E-state index in [1.54, 1.807) is 0 Å². The van der Waals surface area contributed by atoms with Crippen molar-refractivity contribution in [2.75, 3.05) is 0 Å². The van der Waals surface area contributed by atoms with Crippen LogP contribution in [0.3, 0.4) is 0 Å². The molecule has 0 amide bonds. The highest BCUT2D eigenvalue weighted by Crippen LogP contribution is 2.48. The van der Waals surface area contributed by atoms with Gasteiger partial charge >= 0.3 is 0 Å². The first-order chi connectivity index (χ1) is 24.3. The van der Waals surface area contributed by atoms with Crippen LogP contribution in [-0.4, -0.2) is 0 Å². The van der Waals surface area contributed by atoms with Crippen molar-refractivity contribution >= 4 is 76.4 Å². The second-order valence-corrected chi connectivity index (χ2v) is 12.8. The molecule has 228 valence electrons. The van der Waals surface area contributed by atoms with Crippen molar-refractivity contribution in [3.63, 3.8) is 0 Å². The smallest absolute Gasteiger partial charge is 0.136 e. The fraction of sp³-hybridized carbons (Fsp3) is 0. The lowest BCUT2D eigenvalue weighted by Gasteiger charge is -2.18. The molecule has 0 radical (unpaired) electrons. The first kappa shape index (κ1) is 26.5. The van der Waals surface area contributed by atoms with E-state index in [1.807, 2.05) is 36.6 Å². The van der Waals surface area contributed by atoms with Crippen LogP contribution in [0.5, 0.6) is 0 Å². The van der Waals surface area contributed by atoms with Crippen molar-refractivity contribution in [3.05, 3.63) is 158 Å². The molecule has 0 aliphatic rings.